The monoisotopic (exact) mass is 255 g/mol. The van der Waals surface area contributed by atoms with Crippen molar-refractivity contribution in [2.24, 2.45) is 5.92 Å². The average molecular weight is 255 g/mol. The molecule has 0 heterocycles. The molecule has 0 aliphatic carbocycles. The van der Waals surface area contributed by atoms with Gasteiger partial charge in [-0.25, -0.2) is 4.39 Å². The van der Waals surface area contributed by atoms with Gasteiger partial charge in [-0.3, -0.25) is 14.4 Å². The van der Waals surface area contributed by atoms with Gasteiger partial charge in [0.05, 0.1) is 0 Å². The quantitative estimate of drug-likeness (QED) is 0.767. The molecule has 0 aliphatic heterocycles. The van der Waals surface area contributed by atoms with Crippen LogP contribution in [0.1, 0.15) is 0 Å². The van der Waals surface area contributed by atoms with Crippen molar-refractivity contribution in [2.45, 2.75) is 0 Å². The third-order valence-corrected chi connectivity index (χ3v) is 2.29. The zero-order valence-corrected chi connectivity index (χ0v) is 9.33. The van der Waals surface area contributed by atoms with Crippen molar-refractivity contribution in [3.8, 4) is 0 Å². The summed E-state index contributed by atoms with van der Waals surface area (Å²) in [5.41, 5.74) is 0.203. The van der Waals surface area contributed by atoms with E-state index >= 15 is 0 Å². The molecule has 0 radical (unpaired) electrons. The fourth-order valence-corrected chi connectivity index (χ4v) is 1.30. The standard InChI is InChI=1S/C11H10FNO5/c1-13(7-4-2-6(12)3-5-7)9(14)8(10(15)16)11(17)18/h2-5,8H,1H3,(H,15,16)(H,17,18). The predicted molar refractivity (Wildman–Crippen MR) is 58.6 cm³/mol. The van der Waals surface area contributed by atoms with Gasteiger partial charge in [-0.2, -0.15) is 0 Å². The number of carboxylic acid groups (broad SMARTS) is 2. The summed E-state index contributed by atoms with van der Waals surface area (Å²) in [6.45, 7) is 0. The Morgan fingerprint density at radius 2 is 1.56 bits per heavy atom. The minimum Gasteiger partial charge on any atom is -0.480 e. The van der Waals surface area contributed by atoms with E-state index in [1.807, 2.05) is 0 Å². The average Bonchev–Trinajstić information content (AvgIpc) is 2.28. The highest BCUT2D eigenvalue weighted by molar-refractivity contribution is 6.17. The first-order valence-electron chi connectivity index (χ1n) is 4.83. The van der Waals surface area contributed by atoms with Gasteiger partial charge in [0.15, 0.2) is 0 Å². The van der Waals surface area contributed by atoms with Gasteiger partial charge in [0.25, 0.3) is 5.91 Å². The molecule has 0 bridgehead atoms. The van der Waals surface area contributed by atoms with Crippen LogP contribution < -0.4 is 4.90 Å². The van der Waals surface area contributed by atoms with Crippen LogP contribution in [0, 0.1) is 11.7 Å². The summed E-state index contributed by atoms with van der Waals surface area (Å²) in [7, 11) is 1.22. The second-order valence-electron chi connectivity index (χ2n) is 3.48. The number of hydrogen-bond acceptors (Lipinski definition) is 3. The molecule has 0 fully saturated rings. The van der Waals surface area contributed by atoms with Crippen molar-refractivity contribution in [3.63, 3.8) is 0 Å². The minimum atomic E-state index is -2.18. The third-order valence-electron chi connectivity index (χ3n) is 2.29. The molecule has 0 aliphatic rings. The molecular weight excluding hydrogens is 245 g/mol. The summed E-state index contributed by atoms with van der Waals surface area (Å²) >= 11 is 0. The van der Waals surface area contributed by atoms with Gasteiger partial charge in [-0.05, 0) is 24.3 Å². The Hall–Kier alpha value is -2.44. The van der Waals surface area contributed by atoms with Crippen LogP contribution in [0.5, 0.6) is 0 Å². The number of rotatable bonds is 4. The lowest BCUT2D eigenvalue weighted by Crippen LogP contribution is -2.41. The fourth-order valence-electron chi connectivity index (χ4n) is 1.30. The summed E-state index contributed by atoms with van der Waals surface area (Å²) in [5, 5.41) is 17.3. The first-order valence-corrected chi connectivity index (χ1v) is 4.83. The second kappa shape index (κ2) is 5.26. The molecule has 0 saturated carbocycles. The molecule has 18 heavy (non-hydrogen) atoms. The maximum Gasteiger partial charge on any atom is 0.327 e. The number of aliphatic carboxylic acids is 2. The van der Waals surface area contributed by atoms with E-state index in [9.17, 15) is 18.8 Å². The van der Waals surface area contributed by atoms with E-state index in [0.717, 1.165) is 17.0 Å². The van der Waals surface area contributed by atoms with Crippen LogP contribution in [0.3, 0.4) is 0 Å². The van der Waals surface area contributed by atoms with Gasteiger partial charge in [-0.1, -0.05) is 0 Å². The Bertz CT molecular complexity index is 471. The molecule has 0 unspecified atom stereocenters. The van der Waals surface area contributed by atoms with Gasteiger partial charge in [-0.15, -0.1) is 0 Å². The molecule has 0 aromatic heterocycles. The lowest BCUT2D eigenvalue weighted by atomic mass is 10.1. The molecule has 1 aromatic carbocycles. The summed E-state index contributed by atoms with van der Waals surface area (Å²) in [6, 6.07) is 4.65. The van der Waals surface area contributed by atoms with Crippen LogP contribution in [0.2, 0.25) is 0 Å². The van der Waals surface area contributed by atoms with E-state index in [-0.39, 0.29) is 5.69 Å². The molecular formula is C11H10FNO5. The van der Waals surface area contributed by atoms with Crippen LogP contribution in [-0.4, -0.2) is 35.1 Å². The van der Waals surface area contributed by atoms with Crippen molar-refractivity contribution in [2.75, 3.05) is 11.9 Å². The van der Waals surface area contributed by atoms with Gasteiger partial charge >= 0.3 is 11.9 Å². The van der Waals surface area contributed by atoms with E-state index in [2.05, 4.69) is 0 Å². The summed E-state index contributed by atoms with van der Waals surface area (Å²) in [5.74, 6) is -7.31. The molecule has 96 valence electrons. The molecule has 1 rings (SSSR count). The van der Waals surface area contributed by atoms with Gasteiger partial charge in [0, 0.05) is 12.7 Å². The molecule has 0 saturated heterocycles. The van der Waals surface area contributed by atoms with Gasteiger partial charge in [0.1, 0.15) is 5.82 Å². The summed E-state index contributed by atoms with van der Waals surface area (Å²) in [6.07, 6.45) is 0. The van der Waals surface area contributed by atoms with Crippen LogP contribution in [0.4, 0.5) is 10.1 Å². The first-order chi connectivity index (χ1) is 8.34. The van der Waals surface area contributed by atoms with Crippen LogP contribution in [-0.2, 0) is 14.4 Å². The normalized spacial score (nSPS) is 10.2. The number of anilines is 1. The number of amides is 1. The summed E-state index contributed by atoms with van der Waals surface area (Å²) < 4.78 is 12.7. The summed E-state index contributed by atoms with van der Waals surface area (Å²) in [4.78, 5) is 33.9. The van der Waals surface area contributed by atoms with Crippen molar-refractivity contribution >= 4 is 23.5 Å². The largest absolute Gasteiger partial charge is 0.480 e. The smallest absolute Gasteiger partial charge is 0.327 e. The Morgan fingerprint density at radius 1 is 1.11 bits per heavy atom. The number of nitrogens with zero attached hydrogens (tertiary/aromatic N) is 1. The van der Waals surface area contributed by atoms with Crippen LogP contribution in [0.15, 0.2) is 24.3 Å². The lowest BCUT2D eigenvalue weighted by Gasteiger charge is -2.19. The fraction of sp³-hybridized carbons (Fsp3) is 0.182. The van der Waals surface area contributed by atoms with Crippen molar-refractivity contribution < 1.29 is 29.0 Å². The Balaban J connectivity index is 2.99. The number of benzene rings is 1. The predicted octanol–water partition coefficient (Wildman–Crippen LogP) is 0.574. The Kier molecular flexibility index (Phi) is 3.98. The Morgan fingerprint density at radius 3 is 1.94 bits per heavy atom. The number of hydrogen-bond donors (Lipinski definition) is 2. The maximum atomic E-state index is 12.7. The highest BCUT2D eigenvalue weighted by atomic mass is 19.1. The maximum absolute atomic E-state index is 12.7. The molecule has 7 heteroatoms. The number of halogens is 1. The molecule has 0 spiro atoms. The van der Waals surface area contributed by atoms with Crippen LogP contribution in [0.25, 0.3) is 0 Å². The molecule has 2 N–H and O–H groups in total. The minimum absolute atomic E-state index is 0.203. The van der Waals surface area contributed by atoms with Crippen molar-refractivity contribution in [3.05, 3.63) is 30.1 Å². The number of carbonyl (C=O) groups is 3. The highest BCUT2D eigenvalue weighted by Crippen LogP contribution is 2.16. The van der Waals surface area contributed by atoms with Crippen molar-refractivity contribution in [1.82, 2.24) is 0 Å². The zero-order chi connectivity index (χ0) is 13.9. The van der Waals surface area contributed by atoms with Gasteiger partial charge in [0.2, 0.25) is 5.92 Å². The topological polar surface area (TPSA) is 94.9 Å². The van der Waals surface area contributed by atoms with E-state index in [4.69, 9.17) is 10.2 Å². The van der Waals surface area contributed by atoms with Crippen molar-refractivity contribution in [1.29, 1.82) is 0 Å². The lowest BCUT2D eigenvalue weighted by molar-refractivity contribution is -0.157. The SMILES string of the molecule is CN(C(=O)C(C(=O)O)C(=O)O)c1ccc(F)cc1. The zero-order valence-electron chi connectivity index (χ0n) is 9.33. The molecule has 1 amide bonds. The number of carboxylic acids is 2. The number of carbonyl (C=O) groups excluding carboxylic acids is 1. The molecule has 1 aromatic rings. The Labute approximate surface area is 101 Å². The second-order valence-corrected chi connectivity index (χ2v) is 3.48. The molecule has 6 nitrogen and oxygen atoms in total. The van der Waals surface area contributed by atoms with E-state index in [1.165, 1.54) is 19.2 Å². The van der Waals surface area contributed by atoms with E-state index in [1.54, 1.807) is 0 Å². The molecule has 0 atom stereocenters. The van der Waals surface area contributed by atoms with Crippen LogP contribution >= 0.6 is 0 Å². The van der Waals surface area contributed by atoms with Gasteiger partial charge < -0.3 is 15.1 Å². The first kappa shape index (κ1) is 13.6. The highest BCUT2D eigenvalue weighted by Gasteiger charge is 2.36. The van der Waals surface area contributed by atoms with E-state index in [0.29, 0.717) is 0 Å². The van der Waals surface area contributed by atoms with E-state index < -0.39 is 29.6 Å². The third kappa shape index (κ3) is 2.82.